The van der Waals surface area contributed by atoms with Crippen molar-refractivity contribution >= 4 is 27.4 Å². The molecule has 32 heavy (non-hydrogen) atoms. The van der Waals surface area contributed by atoms with Gasteiger partial charge in [-0.3, -0.25) is 4.98 Å². The summed E-state index contributed by atoms with van der Waals surface area (Å²) in [4.78, 5) is 20.9. The van der Waals surface area contributed by atoms with Gasteiger partial charge >= 0.3 is 0 Å². The Bertz CT molecular complexity index is 1250. The molecule has 162 valence electrons. The molecular formula is C24H23N5O2S. The van der Waals surface area contributed by atoms with Crippen molar-refractivity contribution in [3.63, 3.8) is 0 Å². The summed E-state index contributed by atoms with van der Waals surface area (Å²) in [6, 6.07) is 7.91. The number of ether oxygens (including phenoxy) is 2. The molecule has 8 heteroatoms. The lowest BCUT2D eigenvalue weighted by Crippen LogP contribution is -2.16. The Kier molecular flexibility index (Phi) is 5.16. The standard InChI is InChI=1S/C24H23N5O2S/c1-4-18-19(5-1)32-24-21(18)23(28-22(29-24)16-3-2-8-25-13-16)27-12-15-6-9-26-20(11-15)31-17-7-10-30-14-17/h2-3,6,8-9,11,13,17H,1,4-5,7,10,12,14H2,(H,27,28,29). The number of rotatable bonds is 6. The molecule has 1 unspecified atom stereocenters. The van der Waals surface area contributed by atoms with Crippen LogP contribution < -0.4 is 10.1 Å². The summed E-state index contributed by atoms with van der Waals surface area (Å²) in [5.74, 6) is 2.23. The first-order chi connectivity index (χ1) is 15.8. The maximum absolute atomic E-state index is 5.97. The molecule has 4 aromatic heterocycles. The highest BCUT2D eigenvalue weighted by Gasteiger charge is 2.23. The number of thiophene rings is 1. The third kappa shape index (κ3) is 3.80. The van der Waals surface area contributed by atoms with Gasteiger partial charge in [0, 0.05) is 48.1 Å². The van der Waals surface area contributed by atoms with Gasteiger partial charge in [0.2, 0.25) is 5.88 Å². The Morgan fingerprint density at radius 1 is 1.19 bits per heavy atom. The van der Waals surface area contributed by atoms with E-state index in [1.165, 1.54) is 22.2 Å². The summed E-state index contributed by atoms with van der Waals surface area (Å²) in [6.45, 7) is 2.01. The van der Waals surface area contributed by atoms with Gasteiger partial charge in [-0.25, -0.2) is 15.0 Å². The first-order valence-corrected chi connectivity index (χ1v) is 11.8. The van der Waals surface area contributed by atoms with Gasteiger partial charge in [0.15, 0.2) is 5.82 Å². The largest absolute Gasteiger partial charge is 0.472 e. The van der Waals surface area contributed by atoms with E-state index in [1.54, 1.807) is 23.7 Å². The third-order valence-electron chi connectivity index (χ3n) is 5.92. The Morgan fingerprint density at radius 3 is 3.06 bits per heavy atom. The minimum absolute atomic E-state index is 0.0858. The molecule has 1 aliphatic carbocycles. The van der Waals surface area contributed by atoms with E-state index in [2.05, 4.69) is 15.3 Å². The number of nitrogens with zero attached hydrogens (tertiary/aromatic N) is 4. The summed E-state index contributed by atoms with van der Waals surface area (Å²) >= 11 is 1.80. The van der Waals surface area contributed by atoms with Crippen molar-refractivity contribution in [3.8, 4) is 17.3 Å². The van der Waals surface area contributed by atoms with Crippen molar-refractivity contribution in [1.82, 2.24) is 19.9 Å². The fraction of sp³-hybridized carbons (Fsp3) is 0.333. The predicted octanol–water partition coefficient (Wildman–Crippen LogP) is 4.42. The average Bonchev–Trinajstić information content (AvgIpc) is 3.56. The lowest BCUT2D eigenvalue weighted by atomic mass is 10.1. The van der Waals surface area contributed by atoms with Crippen molar-refractivity contribution in [3.05, 3.63) is 58.9 Å². The second-order valence-electron chi connectivity index (χ2n) is 8.13. The molecule has 0 bridgehead atoms. The predicted molar refractivity (Wildman–Crippen MR) is 124 cm³/mol. The molecule has 1 aliphatic heterocycles. The topological polar surface area (TPSA) is 82.1 Å². The zero-order valence-corrected chi connectivity index (χ0v) is 18.4. The highest BCUT2D eigenvalue weighted by atomic mass is 32.1. The number of hydrogen-bond donors (Lipinski definition) is 1. The molecule has 0 spiro atoms. The smallest absolute Gasteiger partial charge is 0.213 e. The molecule has 4 aromatic rings. The summed E-state index contributed by atoms with van der Waals surface area (Å²) in [6.07, 6.45) is 9.79. The Hall–Kier alpha value is -3.10. The molecule has 1 atom stereocenters. The van der Waals surface area contributed by atoms with Crippen molar-refractivity contribution < 1.29 is 9.47 Å². The zero-order chi connectivity index (χ0) is 21.3. The molecule has 1 saturated heterocycles. The lowest BCUT2D eigenvalue weighted by Gasteiger charge is -2.13. The first-order valence-electron chi connectivity index (χ1n) is 11.0. The van der Waals surface area contributed by atoms with Gasteiger partial charge in [0.1, 0.15) is 16.8 Å². The van der Waals surface area contributed by atoms with Crippen LogP contribution in [0.2, 0.25) is 0 Å². The summed E-state index contributed by atoms with van der Waals surface area (Å²) in [7, 11) is 0. The second-order valence-corrected chi connectivity index (χ2v) is 9.22. The van der Waals surface area contributed by atoms with Gasteiger partial charge in [-0.1, -0.05) is 0 Å². The van der Waals surface area contributed by atoms with Crippen molar-refractivity contribution in [1.29, 1.82) is 0 Å². The molecule has 0 aromatic carbocycles. The van der Waals surface area contributed by atoms with E-state index in [9.17, 15) is 0 Å². The first kappa shape index (κ1) is 19.6. The summed E-state index contributed by atoms with van der Waals surface area (Å²) in [5, 5.41) is 4.75. The van der Waals surface area contributed by atoms with E-state index < -0.39 is 0 Å². The van der Waals surface area contributed by atoms with Gasteiger partial charge in [0.05, 0.1) is 18.6 Å². The van der Waals surface area contributed by atoms with Crippen LogP contribution in [0.5, 0.6) is 5.88 Å². The van der Waals surface area contributed by atoms with Crippen LogP contribution in [0, 0.1) is 0 Å². The van der Waals surface area contributed by atoms with Gasteiger partial charge in [-0.05, 0) is 48.6 Å². The lowest BCUT2D eigenvalue weighted by molar-refractivity contribution is 0.138. The highest BCUT2D eigenvalue weighted by Crippen LogP contribution is 2.40. The molecule has 1 N–H and O–H groups in total. The maximum Gasteiger partial charge on any atom is 0.213 e. The Labute approximate surface area is 189 Å². The minimum Gasteiger partial charge on any atom is -0.472 e. The fourth-order valence-electron chi connectivity index (χ4n) is 4.34. The van der Waals surface area contributed by atoms with Gasteiger partial charge < -0.3 is 14.8 Å². The third-order valence-corrected chi connectivity index (χ3v) is 7.10. The average molecular weight is 446 g/mol. The van der Waals surface area contributed by atoms with Gasteiger partial charge in [-0.15, -0.1) is 11.3 Å². The molecule has 1 fully saturated rings. The minimum atomic E-state index is 0.0858. The van der Waals surface area contributed by atoms with Crippen LogP contribution in [0.3, 0.4) is 0 Å². The number of fused-ring (bicyclic) bond motifs is 3. The van der Waals surface area contributed by atoms with Crippen molar-refractivity contribution in [2.75, 3.05) is 18.5 Å². The van der Waals surface area contributed by atoms with E-state index in [-0.39, 0.29) is 6.10 Å². The highest BCUT2D eigenvalue weighted by molar-refractivity contribution is 7.19. The molecule has 6 rings (SSSR count). The maximum atomic E-state index is 5.97. The van der Waals surface area contributed by atoms with Crippen LogP contribution in [0.25, 0.3) is 21.6 Å². The van der Waals surface area contributed by atoms with Crippen molar-refractivity contribution in [2.45, 2.75) is 38.3 Å². The van der Waals surface area contributed by atoms with Crippen molar-refractivity contribution in [2.24, 2.45) is 0 Å². The number of nitrogens with one attached hydrogen (secondary N) is 1. The molecule has 0 saturated carbocycles. The number of anilines is 1. The molecule has 0 radical (unpaired) electrons. The van der Waals surface area contributed by atoms with E-state index >= 15 is 0 Å². The monoisotopic (exact) mass is 445 g/mol. The van der Waals surface area contributed by atoms with Crippen LogP contribution in [-0.4, -0.2) is 39.3 Å². The SMILES string of the molecule is c1cncc(-c2nc(NCc3ccnc(OC4CCOC4)c3)c3c4c(sc3n2)CCC4)c1. The number of hydrogen-bond acceptors (Lipinski definition) is 8. The van der Waals surface area contributed by atoms with Gasteiger partial charge in [-0.2, -0.15) is 0 Å². The van der Waals surface area contributed by atoms with Gasteiger partial charge in [0.25, 0.3) is 0 Å². The number of aryl methyl sites for hydroxylation is 2. The second kappa shape index (κ2) is 8.44. The molecule has 7 nitrogen and oxygen atoms in total. The molecule has 2 aliphatic rings. The Morgan fingerprint density at radius 2 is 2.19 bits per heavy atom. The summed E-state index contributed by atoms with van der Waals surface area (Å²) in [5.41, 5.74) is 3.42. The zero-order valence-electron chi connectivity index (χ0n) is 17.6. The summed E-state index contributed by atoms with van der Waals surface area (Å²) < 4.78 is 11.4. The normalized spacial score (nSPS) is 17.6. The van der Waals surface area contributed by atoms with E-state index in [4.69, 9.17) is 19.4 Å². The van der Waals surface area contributed by atoms with Crippen LogP contribution in [-0.2, 0) is 24.1 Å². The molecule has 0 amide bonds. The van der Waals surface area contributed by atoms with Crippen LogP contribution in [0.1, 0.15) is 28.8 Å². The quantitative estimate of drug-likeness (QED) is 0.470. The van der Waals surface area contributed by atoms with E-state index in [0.717, 1.165) is 47.6 Å². The molecular weight excluding hydrogens is 422 g/mol. The van der Waals surface area contributed by atoms with E-state index in [1.807, 2.05) is 30.5 Å². The fourth-order valence-corrected chi connectivity index (χ4v) is 5.60. The van der Waals surface area contributed by atoms with Crippen LogP contribution >= 0.6 is 11.3 Å². The van der Waals surface area contributed by atoms with Crippen LogP contribution in [0.4, 0.5) is 5.82 Å². The number of pyridine rings is 2. The Balaban J connectivity index is 1.31. The molecule has 5 heterocycles. The van der Waals surface area contributed by atoms with E-state index in [0.29, 0.717) is 24.9 Å². The number of aromatic nitrogens is 4. The van der Waals surface area contributed by atoms with Crippen LogP contribution in [0.15, 0.2) is 42.9 Å².